The van der Waals surface area contributed by atoms with Crippen LogP contribution >= 0.6 is 0 Å². The molecule has 0 aliphatic rings. The fourth-order valence-electron chi connectivity index (χ4n) is 2.05. The highest BCUT2D eigenvalue weighted by atomic mass is 16.5. The third-order valence-electron chi connectivity index (χ3n) is 3.39. The number of hydrogen-bond acceptors (Lipinski definition) is 4. The van der Waals surface area contributed by atoms with Crippen molar-refractivity contribution in [3.05, 3.63) is 48.0 Å². The summed E-state index contributed by atoms with van der Waals surface area (Å²) in [7, 11) is 1.64. The molecule has 0 saturated heterocycles. The summed E-state index contributed by atoms with van der Waals surface area (Å²) in [5.74, 6) is 2.16. The van der Waals surface area contributed by atoms with Crippen molar-refractivity contribution in [3.8, 4) is 28.5 Å². The van der Waals surface area contributed by atoms with Crippen LogP contribution in [0.25, 0.3) is 22.8 Å². The molecule has 1 heterocycles. The molecule has 0 aliphatic heterocycles. The van der Waals surface area contributed by atoms with Crippen LogP contribution in [-0.4, -0.2) is 22.3 Å². The van der Waals surface area contributed by atoms with Crippen LogP contribution in [-0.2, 0) is 0 Å². The normalized spacial score (nSPS) is 10.6. The number of nitrogens with two attached hydrogens (primary N) is 1. The Morgan fingerprint density at radius 1 is 1.05 bits per heavy atom. The standard InChI is InChI=1S/C16H16N4O/c1-10-3-4-12(9-14(10)17)16-18-15(19-20-16)11-5-7-13(21-2)8-6-11/h3-9H,17H2,1-2H3,(H,18,19,20). The lowest BCUT2D eigenvalue weighted by Crippen LogP contribution is -1.90. The van der Waals surface area contributed by atoms with Gasteiger partial charge in [0, 0.05) is 16.8 Å². The van der Waals surface area contributed by atoms with Gasteiger partial charge >= 0.3 is 0 Å². The van der Waals surface area contributed by atoms with Gasteiger partial charge < -0.3 is 10.5 Å². The molecule has 2 aromatic carbocycles. The summed E-state index contributed by atoms with van der Waals surface area (Å²) < 4.78 is 5.14. The van der Waals surface area contributed by atoms with Crippen molar-refractivity contribution in [1.82, 2.24) is 15.2 Å². The number of nitrogens with zero attached hydrogens (tertiary/aromatic N) is 2. The first-order valence-electron chi connectivity index (χ1n) is 6.60. The summed E-state index contributed by atoms with van der Waals surface area (Å²) in [6.07, 6.45) is 0. The maximum Gasteiger partial charge on any atom is 0.181 e. The Labute approximate surface area is 122 Å². The highest BCUT2D eigenvalue weighted by Crippen LogP contribution is 2.24. The van der Waals surface area contributed by atoms with E-state index >= 15 is 0 Å². The first kappa shape index (κ1) is 13.2. The van der Waals surface area contributed by atoms with Crippen molar-refractivity contribution in [2.24, 2.45) is 0 Å². The molecule has 5 heteroatoms. The van der Waals surface area contributed by atoms with E-state index in [4.69, 9.17) is 10.5 Å². The monoisotopic (exact) mass is 280 g/mol. The molecule has 0 fully saturated rings. The Balaban J connectivity index is 1.93. The zero-order valence-corrected chi connectivity index (χ0v) is 11.9. The molecule has 21 heavy (non-hydrogen) atoms. The smallest absolute Gasteiger partial charge is 0.181 e. The van der Waals surface area contributed by atoms with Crippen LogP contribution in [0.15, 0.2) is 42.5 Å². The van der Waals surface area contributed by atoms with E-state index in [1.807, 2.05) is 49.4 Å². The van der Waals surface area contributed by atoms with Crippen molar-refractivity contribution in [3.63, 3.8) is 0 Å². The molecule has 1 aromatic heterocycles. The zero-order valence-electron chi connectivity index (χ0n) is 11.9. The van der Waals surface area contributed by atoms with E-state index in [-0.39, 0.29) is 0 Å². The average Bonchev–Trinajstić information content (AvgIpc) is 3.00. The summed E-state index contributed by atoms with van der Waals surface area (Å²) in [6.45, 7) is 1.97. The molecule has 3 N–H and O–H groups in total. The Bertz CT molecular complexity index is 762. The van der Waals surface area contributed by atoms with Gasteiger partial charge in [0.25, 0.3) is 0 Å². The highest BCUT2D eigenvalue weighted by Gasteiger charge is 2.08. The van der Waals surface area contributed by atoms with Gasteiger partial charge in [-0.3, -0.25) is 5.10 Å². The number of rotatable bonds is 3. The number of nitrogens with one attached hydrogen (secondary N) is 1. The van der Waals surface area contributed by atoms with Crippen molar-refractivity contribution in [2.45, 2.75) is 6.92 Å². The van der Waals surface area contributed by atoms with Crippen LogP contribution in [0, 0.1) is 6.92 Å². The topological polar surface area (TPSA) is 76.8 Å². The minimum absolute atomic E-state index is 0.632. The van der Waals surface area contributed by atoms with E-state index in [0.29, 0.717) is 11.6 Å². The molecule has 5 nitrogen and oxygen atoms in total. The van der Waals surface area contributed by atoms with Crippen LogP contribution in [0.1, 0.15) is 5.56 Å². The number of aryl methyl sites for hydroxylation is 1. The third-order valence-corrected chi connectivity index (χ3v) is 3.39. The van der Waals surface area contributed by atoms with Gasteiger partial charge in [-0.05, 0) is 42.8 Å². The minimum atomic E-state index is 0.632. The van der Waals surface area contributed by atoms with E-state index in [1.165, 1.54) is 0 Å². The first-order chi connectivity index (χ1) is 10.2. The predicted molar refractivity (Wildman–Crippen MR) is 83.0 cm³/mol. The number of methoxy groups -OCH3 is 1. The highest BCUT2D eigenvalue weighted by molar-refractivity contribution is 5.66. The molecule has 0 radical (unpaired) electrons. The maximum absolute atomic E-state index is 5.93. The Morgan fingerprint density at radius 3 is 2.43 bits per heavy atom. The second-order valence-corrected chi connectivity index (χ2v) is 4.81. The van der Waals surface area contributed by atoms with Crippen molar-refractivity contribution in [2.75, 3.05) is 12.8 Å². The molecule has 0 amide bonds. The predicted octanol–water partition coefficient (Wildman–Crippen LogP) is 3.04. The molecule has 3 rings (SSSR count). The summed E-state index contributed by atoms with van der Waals surface area (Å²) in [5, 5.41) is 7.20. The van der Waals surface area contributed by atoms with Gasteiger partial charge in [-0.2, -0.15) is 5.10 Å². The zero-order chi connectivity index (χ0) is 14.8. The molecule has 0 spiro atoms. The minimum Gasteiger partial charge on any atom is -0.497 e. The lowest BCUT2D eigenvalue weighted by molar-refractivity contribution is 0.415. The van der Waals surface area contributed by atoms with Crippen LogP contribution in [0.2, 0.25) is 0 Å². The third kappa shape index (κ3) is 2.58. The number of nitrogen functional groups attached to an aromatic ring is 1. The SMILES string of the molecule is COc1ccc(-c2nc(-c3ccc(C)c(N)c3)n[nH]2)cc1. The maximum atomic E-state index is 5.93. The fourth-order valence-corrected chi connectivity index (χ4v) is 2.05. The van der Waals surface area contributed by atoms with E-state index in [2.05, 4.69) is 15.2 Å². The molecule has 0 saturated carbocycles. The molecular weight excluding hydrogens is 264 g/mol. The summed E-state index contributed by atoms with van der Waals surface area (Å²) in [4.78, 5) is 4.51. The van der Waals surface area contributed by atoms with Crippen LogP contribution < -0.4 is 10.5 Å². The van der Waals surface area contributed by atoms with Gasteiger partial charge in [0.2, 0.25) is 0 Å². The molecule has 0 aliphatic carbocycles. The molecule has 106 valence electrons. The number of anilines is 1. The number of ether oxygens (including phenoxy) is 1. The van der Waals surface area contributed by atoms with Gasteiger partial charge in [0.1, 0.15) is 5.75 Å². The first-order valence-corrected chi connectivity index (χ1v) is 6.60. The van der Waals surface area contributed by atoms with Crippen molar-refractivity contribution < 1.29 is 4.74 Å². The molecule has 0 atom stereocenters. The summed E-state index contributed by atoms with van der Waals surface area (Å²) >= 11 is 0. The lowest BCUT2D eigenvalue weighted by Gasteiger charge is -2.01. The number of H-pyrrole nitrogens is 1. The Kier molecular flexibility index (Phi) is 3.31. The lowest BCUT2D eigenvalue weighted by atomic mass is 10.1. The van der Waals surface area contributed by atoms with Gasteiger partial charge in [0.15, 0.2) is 11.6 Å². The molecular formula is C16H16N4O. The molecule has 0 unspecified atom stereocenters. The quantitative estimate of drug-likeness (QED) is 0.723. The van der Waals surface area contributed by atoms with Crippen LogP contribution in [0.3, 0.4) is 0 Å². The fraction of sp³-hybridized carbons (Fsp3) is 0.125. The van der Waals surface area contributed by atoms with E-state index in [9.17, 15) is 0 Å². The van der Waals surface area contributed by atoms with Crippen LogP contribution in [0.4, 0.5) is 5.69 Å². The second-order valence-electron chi connectivity index (χ2n) is 4.81. The number of aromatic nitrogens is 3. The number of hydrogen-bond donors (Lipinski definition) is 2. The second kappa shape index (κ2) is 5.28. The molecule has 0 bridgehead atoms. The van der Waals surface area contributed by atoms with Gasteiger partial charge in [-0.15, -0.1) is 0 Å². The Hall–Kier alpha value is -2.82. The Morgan fingerprint density at radius 2 is 1.76 bits per heavy atom. The van der Waals surface area contributed by atoms with E-state index in [0.717, 1.165) is 28.1 Å². The molecule has 3 aromatic rings. The van der Waals surface area contributed by atoms with Gasteiger partial charge in [0.05, 0.1) is 7.11 Å². The van der Waals surface area contributed by atoms with E-state index < -0.39 is 0 Å². The summed E-state index contributed by atoms with van der Waals surface area (Å²) in [6, 6.07) is 13.5. The van der Waals surface area contributed by atoms with Gasteiger partial charge in [-0.1, -0.05) is 12.1 Å². The van der Waals surface area contributed by atoms with Crippen molar-refractivity contribution >= 4 is 5.69 Å². The summed E-state index contributed by atoms with van der Waals surface area (Å²) in [5.41, 5.74) is 9.56. The number of benzene rings is 2. The largest absolute Gasteiger partial charge is 0.497 e. The number of aromatic amines is 1. The van der Waals surface area contributed by atoms with Crippen molar-refractivity contribution in [1.29, 1.82) is 0 Å². The van der Waals surface area contributed by atoms with E-state index in [1.54, 1.807) is 7.11 Å². The van der Waals surface area contributed by atoms with Gasteiger partial charge in [-0.25, -0.2) is 4.98 Å². The average molecular weight is 280 g/mol. The van der Waals surface area contributed by atoms with Crippen LogP contribution in [0.5, 0.6) is 5.75 Å².